The Balaban J connectivity index is 1.89. The Hall–Kier alpha value is -1.23. The molecule has 0 aromatic carbocycles. The molecule has 23 heavy (non-hydrogen) atoms. The summed E-state index contributed by atoms with van der Waals surface area (Å²) in [4.78, 5) is 8.93. The number of nitrogens with two attached hydrogens (primary N) is 1. The van der Waals surface area contributed by atoms with Gasteiger partial charge in [-0.1, -0.05) is 46.5 Å². The highest BCUT2D eigenvalue weighted by atomic mass is 32.2. The molecule has 3 N–H and O–H groups in total. The minimum atomic E-state index is 0.162. The second-order valence-electron chi connectivity index (χ2n) is 7.25. The molecular formula is C18H30N4S. The second kappa shape index (κ2) is 8.57. The van der Waals surface area contributed by atoms with Gasteiger partial charge in [-0.25, -0.2) is 9.98 Å². The lowest BCUT2D eigenvalue weighted by Crippen LogP contribution is -2.39. The summed E-state index contributed by atoms with van der Waals surface area (Å²) in [6, 6.07) is 4.61. The minimum Gasteiger partial charge on any atom is -0.370 e. The zero-order chi connectivity index (χ0) is 16.7. The van der Waals surface area contributed by atoms with Gasteiger partial charge >= 0.3 is 0 Å². The third-order valence-corrected chi connectivity index (χ3v) is 4.89. The summed E-state index contributed by atoms with van der Waals surface area (Å²) in [5, 5.41) is 4.43. The number of aliphatic imine (C=N–C) groups is 1. The fraction of sp³-hybridized carbons (Fsp3) is 0.667. The number of guanidine groups is 1. The van der Waals surface area contributed by atoms with Gasteiger partial charge in [-0.3, -0.25) is 0 Å². The first-order valence-corrected chi connectivity index (χ1v) is 9.44. The van der Waals surface area contributed by atoms with Crippen LogP contribution >= 0.6 is 11.8 Å². The summed E-state index contributed by atoms with van der Waals surface area (Å²) >= 11 is 1.77. The first kappa shape index (κ1) is 18.1. The van der Waals surface area contributed by atoms with Crippen molar-refractivity contribution in [2.75, 3.05) is 0 Å². The van der Waals surface area contributed by atoms with Crippen LogP contribution in [-0.4, -0.2) is 21.7 Å². The SMILES string of the molecule is CC(C)(C)Sc1cc(CN=C(N)NC2CCCCCC2)ccn1. The standard InChI is InChI=1S/C18H30N4S/c1-18(2,3)23-16-12-14(10-11-20-16)13-21-17(19)22-15-8-6-4-5-7-9-15/h10-12,15H,4-9,13H2,1-3H3,(H3,19,21,22). The number of thioether (sulfide) groups is 1. The Labute approximate surface area is 144 Å². The lowest BCUT2D eigenvalue weighted by molar-refractivity contribution is 0.530. The largest absolute Gasteiger partial charge is 0.370 e. The highest BCUT2D eigenvalue weighted by Crippen LogP contribution is 2.30. The highest BCUT2D eigenvalue weighted by molar-refractivity contribution is 8.00. The second-order valence-corrected chi connectivity index (χ2v) is 9.10. The number of aromatic nitrogens is 1. The summed E-state index contributed by atoms with van der Waals surface area (Å²) in [5.74, 6) is 0.568. The average molecular weight is 335 g/mol. The Morgan fingerprint density at radius 1 is 1.30 bits per heavy atom. The normalized spacial score (nSPS) is 17.8. The maximum atomic E-state index is 6.06. The predicted octanol–water partition coefficient (Wildman–Crippen LogP) is 4.10. The molecule has 0 spiro atoms. The van der Waals surface area contributed by atoms with Gasteiger partial charge in [0, 0.05) is 17.0 Å². The maximum Gasteiger partial charge on any atom is 0.189 e. The Morgan fingerprint density at radius 3 is 2.65 bits per heavy atom. The van der Waals surface area contributed by atoms with E-state index < -0.39 is 0 Å². The molecule has 0 radical (unpaired) electrons. The van der Waals surface area contributed by atoms with Crippen molar-refractivity contribution in [2.45, 2.75) is 81.7 Å². The average Bonchev–Trinajstić information content (AvgIpc) is 2.72. The van der Waals surface area contributed by atoms with E-state index in [0.29, 0.717) is 18.5 Å². The van der Waals surface area contributed by atoms with Crippen LogP contribution in [-0.2, 0) is 6.54 Å². The van der Waals surface area contributed by atoms with Gasteiger partial charge in [0.05, 0.1) is 11.6 Å². The van der Waals surface area contributed by atoms with E-state index in [1.807, 2.05) is 12.3 Å². The van der Waals surface area contributed by atoms with Crippen LogP contribution in [0.3, 0.4) is 0 Å². The van der Waals surface area contributed by atoms with Gasteiger partial charge in [0.1, 0.15) is 0 Å². The molecule has 1 aromatic heterocycles. The molecule has 5 heteroatoms. The van der Waals surface area contributed by atoms with Crippen molar-refractivity contribution in [3.05, 3.63) is 23.9 Å². The quantitative estimate of drug-likeness (QED) is 0.377. The number of nitrogens with one attached hydrogen (secondary N) is 1. The van der Waals surface area contributed by atoms with E-state index in [9.17, 15) is 0 Å². The van der Waals surface area contributed by atoms with Crippen molar-refractivity contribution in [2.24, 2.45) is 10.7 Å². The van der Waals surface area contributed by atoms with E-state index in [1.54, 1.807) is 11.8 Å². The molecule has 0 saturated heterocycles. The zero-order valence-corrected chi connectivity index (χ0v) is 15.5. The van der Waals surface area contributed by atoms with Gasteiger partial charge in [0.25, 0.3) is 0 Å². The number of nitrogens with zero attached hydrogens (tertiary/aromatic N) is 2. The molecule has 1 heterocycles. The molecule has 2 rings (SSSR count). The molecule has 0 unspecified atom stereocenters. The zero-order valence-electron chi connectivity index (χ0n) is 14.6. The topological polar surface area (TPSA) is 63.3 Å². The number of hydrogen-bond acceptors (Lipinski definition) is 3. The van der Waals surface area contributed by atoms with E-state index in [4.69, 9.17) is 5.73 Å². The maximum absolute atomic E-state index is 6.06. The summed E-state index contributed by atoms with van der Waals surface area (Å²) in [6.45, 7) is 7.18. The van der Waals surface area contributed by atoms with Crippen LogP contribution in [0, 0.1) is 0 Å². The van der Waals surface area contributed by atoms with Crippen molar-refractivity contribution in [3.63, 3.8) is 0 Å². The third-order valence-electron chi connectivity index (χ3n) is 3.85. The van der Waals surface area contributed by atoms with Crippen LogP contribution in [0.1, 0.15) is 64.9 Å². The summed E-state index contributed by atoms with van der Waals surface area (Å²) in [7, 11) is 0. The molecule has 1 aromatic rings. The molecule has 1 aliphatic rings. The number of hydrogen-bond donors (Lipinski definition) is 2. The number of pyridine rings is 1. The first-order chi connectivity index (χ1) is 10.9. The monoisotopic (exact) mass is 334 g/mol. The molecule has 1 aliphatic carbocycles. The summed E-state index contributed by atoms with van der Waals surface area (Å²) < 4.78 is 0.162. The molecule has 0 aliphatic heterocycles. The fourth-order valence-corrected chi connectivity index (χ4v) is 3.72. The first-order valence-electron chi connectivity index (χ1n) is 8.63. The molecule has 4 nitrogen and oxygen atoms in total. The van der Waals surface area contributed by atoms with Gasteiger partial charge in [0.15, 0.2) is 5.96 Å². The fourth-order valence-electron chi connectivity index (χ4n) is 2.77. The lowest BCUT2D eigenvalue weighted by atomic mass is 10.1. The van der Waals surface area contributed by atoms with Crippen LogP contribution in [0.4, 0.5) is 0 Å². The van der Waals surface area contributed by atoms with Crippen LogP contribution in [0.2, 0.25) is 0 Å². The van der Waals surface area contributed by atoms with E-state index in [-0.39, 0.29) is 4.75 Å². The Morgan fingerprint density at radius 2 is 2.00 bits per heavy atom. The summed E-state index contributed by atoms with van der Waals surface area (Å²) in [5.41, 5.74) is 7.21. The van der Waals surface area contributed by atoms with E-state index in [0.717, 1.165) is 10.6 Å². The van der Waals surface area contributed by atoms with Crippen molar-refractivity contribution in [1.29, 1.82) is 0 Å². The van der Waals surface area contributed by atoms with E-state index in [1.165, 1.54) is 38.5 Å². The van der Waals surface area contributed by atoms with E-state index >= 15 is 0 Å². The molecule has 0 bridgehead atoms. The van der Waals surface area contributed by atoms with Gasteiger partial charge in [-0.15, -0.1) is 11.8 Å². The molecule has 0 atom stereocenters. The summed E-state index contributed by atoms with van der Waals surface area (Å²) in [6.07, 6.45) is 9.55. The molecule has 1 fully saturated rings. The van der Waals surface area contributed by atoms with Crippen LogP contribution in [0.15, 0.2) is 28.3 Å². The Kier molecular flexibility index (Phi) is 6.75. The van der Waals surface area contributed by atoms with Crippen molar-refractivity contribution >= 4 is 17.7 Å². The van der Waals surface area contributed by atoms with Gasteiger partial charge in [0.2, 0.25) is 0 Å². The molecule has 1 saturated carbocycles. The molecular weight excluding hydrogens is 304 g/mol. The smallest absolute Gasteiger partial charge is 0.189 e. The highest BCUT2D eigenvalue weighted by Gasteiger charge is 2.14. The van der Waals surface area contributed by atoms with Crippen LogP contribution in [0.5, 0.6) is 0 Å². The van der Waals surface area contributed by atoms with Crippen molar-refractivity contribution in [1.82, 2.24) is 10.3 Å². The van der Waals surface area contributed by atoms with Crippen LogP contribution < -0.4 is 11.1 Å². The minimum absolute atomic E-state index is 0.162. The third kappa shape index (κ3) is 7.25. The lowest BCUT2D eigenvalue weighted by Gasteiger charge is -2.17. The Bertz CT molecular complexity index is 514. The van der Waals surface area contributed by atoms with Crippen LogP contribution in [0.25, 0.3) is 0 Å². The van der Waals surface area contributed by atoms with Crippen molar-refractivity contribution in [3.8, 4) is 0 Å². The van der Waals surface area contributed by atoms with E-state index in [2.05, 4.69) is 42.1 Å². The number of rotatable bonds is 4. The van der Waals surface area contributed by atoms with Gasteiger partial charge in [-0.05, 0) is 30.5 Å². The van der Waals surface area contributed by atoms with Gasteiger partial charge < -0.3 is 11.1 Å². The molecule has 128 valence electrons. The van der Waals surface area contributed by atoms with Gasteiger partial charge in [-0.2, -0.15) is 0 Å². The van der Waals surface area contributed by atoms with Crippen molar-refractivity contribution < 1.29 is 0 Å². The molecule has 0 amide bonds. The predicted molar refractivity (Wildman–Crippen MR) is 99.8 cm³/mol.